The average molecular weight is 343 g/mol. The van der Waals surface area contributed by atoms with Crippen molar-refractivity contribution < 1.29 is 19.1 Å². The molecular formula is C18H21N3O4. The van der Waals surface area contributed by atoms with Crippen molar-refractivity contribution in [1.82, 2.24) is 9.80 Å². The van der Waals surface area contributed by atoms with Crippen LogP contribution in [0.1, 0.15) is 16.1 Å². The molecule has 1 fully saturated rings. The van der Waals surface area contributed by atoms with Gasteiger partial charge < -0.3 is 20.2 Å². The van der Waals surface area contributed by atoms with E-state index in [1.165, 1.54) is 0 Å². The zero-order chi connectivity index (χ0) is 18.0. The lowest BCUT2D eigenvalue weighted by atomic mass is 10.1. The van der Waals surface area contributed by atoms with E-state index >= 15 is 0 Å². The van der Waals surface area contributed by atoms with Gasteiger partial charge in [-0.2, -0.15) is 0 Å². The van der Waals surface area contributed by atoms with E-state index in [0.717, 1.165) is 6.54 Å². The lowest BCUT2D eigenvalue weighted by Gasteiger charge is -2.37. The Labute approximate surface area is 145 Å². The van der Waals surface area contributed by atoms with E-state index in [4.69, 9.17) is 10.2 Å². The molecule has 7 nitrogen and oxygen atoms in total. The highest BCUT2D eigenvalue weighted by Gasteiger charge is 2.30. The number of aromatic carboxylic acids is 1. The second-order valence-electron chi connectivity index (χ2n) is 6.27. The van der Waals surface area contributed by atoms with Crippen molar-refractivity contribution in [1.29, 1.82) is 0 Å². The van der Waals surface area contributed by atoms with E-state index in [1.54, 1.807) is 30.3 Å². The first-order chi connectivity index (χ1) is 12.0. The summed E-state index contributed by atoms with van der Waals surface area (Å²) in [6, 6.07) is 9.92. The first-order valence-corrected chi connectivity index (χ1v) is 8.09. The third kappa shape index (κ3) is 3.72. The number of hydrogen-bond acceptors (Lipinski definition) is 5. The van der Waals surface area contributed by atoms with Crippen LogP contribution >= 0.6 is 0 Å². The minimum atomic E-state index is -0.999. The fourth-order valence-corrected chi connectivity index (χ4v) is 3.11. The largest absolute Gasteiger partial charge is 0.478 e. The standard InChI is InChI=1S/C18H21N3O4/c1-20-8-9-21(15(11-20)17(19)22)10-12-6-7-16(25-12)13-4-2-3-5-14(13)18(23)24/h2-7,15H,8-11H2,1H3,(H2,19,22)(H,23,24). The molecule has 3 N–H and O–H groups in total. The third-order valence-electron chi connectivity index (χ3n) is 4.47. The number of carboxylic acid groups (broad SMARTS) is 1. The van der Waals surface area contributed by atoms with Crippen molar-refractivity contribution in [2.24, 2.45) is 5.73 Å². The molecular weight excluding hydrogens is 322 g/mol. The number of benzene rings is 1. The van der Waals surface area contributed by atoms with Crippen molar-refractivity contribution in [2.45, 2.75) is 12.6 Å². The number of piperazine rings is 1. The van der Waals surface area contributed by atoms with Crippen LogP contribution in [0, 0.1) is 0 Å². The van der Waals surface area contributed by atoms with Gasteiger partial charge in [0.05, 0.1) is 12.1 Å². The van der Waals surface area contributed by atoms with Crippen molar-refractivity contribution in [3.05, 3.63) is 47.7 Å². The van der Waals surface area contributed by atoms with Crippen molar-refractivity contribution in [3.63, 3.8) is 0 Å². The molecule has 1 saturated heterocycles. The van der Waals surface area contributed by atoms with Crippen molar-refractivity contribution in [2.75, 3.05) is 26.7 Å². The Kier molecular flexibility index (Phi) is 4.87. The molecule has 0 saturated carbocycles. The fraction of sp³-hybridized carbons (Fsp3) is 0.333. The molecule has 1 aromatic heterocycles. The van der Waals surface area contributed by atoms with Gasteiger partial charge in [-0.3, -0.25) is 9.69 Å². The molecule has 1 aliphatic heterocycles. The average Bonchev–Trinajstić information content (AvgIpc) is 3.04. The van der Waals surface area contributed by atoms with E-state index in [1.807, 2.05) is 18.0 Å². The Morgan fingerprint density at radius 1 is 1.24 bits per heavy atom. The number of likely N-dealkylation sites (N-methyl/N-ethyl adjacent to an activating group) is 1. The molecule has 1 atom stereocenters. The summed E-state index contributed by atoms with van der Waals surface area (Å²) in [6.45, 7) is 2.60. The van der Waals surface area contributed by atoms with Gasteiger partial charge in [0.25, 0.3) is 0 Å². The second kappa shape index (κ2) is 7.08. The summed E-state index contributed by atoms with van der Waals surface area (Å²) in [5.41, 5.74) is 6.25. The summed E-state index contributed by atoms with van der Waals surface area (Å²) in [5, 5.41) is 9.31. The van der Waals surface area contributed by atoms with E-state index < -0.39 is 5.97 Å². The maximum atomic E-state index is 11.7. The molecule has 0 radical (unpaired) electrons. The maximum Gasteiger partial charge on any atom is 0.336 e. The third-order valence-corrected chi connectivity index (χ3v) is 4.47. The quantitative estimate of drug-likeness (QED) is 0.847. The van der Waals surface area contributed by atoms with Gasteiger partial charge in [0, 0.05) is 25.2 Å². The first-order valence-electron chi connectivity index (χ1n) is 8.09. The highest BCUT2D eigenvalue weighted by atomic mass is 16.4. The number of carboxylic acids is 1. The molecule has 3 rings (SSSR count). The first kappa shape index (κ1) is 17.2. The number of nitrogens with two attached hydrogens (primary N) is 1. The van der Waals surface area contributed by atoms with Gasteiger partial charge in [0.15, 0.2) is 0 Å². The fourth-order valence-electron chi connectivity index (χ4n) is 3.11. The molecule has 7 heteroatoms. The zero-order valence-corrected chi connectivity index (χ0v) is 14.0. The minimum absolute atomic E-state index is 0.193. The van der Waals surface area contributed by atoms with Crippen LogP contribution in [0.3, 0.4) is 0 Å². The van der Waals surface area contributed by atoms with E-state index in [2.05, 4.69) is 4.90 Å². The van der Waals surface area contributed by atoms with Gasteiger partial charge in [-0.1, -0.05) is 18.2 Å². The molecule has 132 valence electrons. The van der Waals surface area contributed by atoms with Crippen LogP contribution in [0.4, 0.5) is 0 Å². The van der Waals surface area contributed by atoms with Gasteiger partial charge in [0.2, 0.25) is 5.91 Å². The summed E-state index contributed by atoms with van der Waals surface area (Å²) in [4.78, 5) is 27.1. The number of furan rings is 1. The van der Waals surface area contributed by atoms with E-state index in [0.29, 0.717) is 36.7 Å². The highest BCUT2D eigenvalue weighted by Crippen LogP contribution is 2.27. The Morgan fingerprint density at radius 3 is 2.72 bits per heavy atom. The summed E-state index contributed by atoms with van der Waals surface area (Å²) < 4.78 is 5.85. The van der Waals surface area contributed by atoms with Crippen LogP contribution in [0.25, 0.3) is 11.3 Å². The SMILES string of the molecule is CN1CCN(Cc2ccc(-c3ccccc3C(=O)O)o2)C(C(N)=O)C1. The summed E-state index contributed by atoms with van der Waals surface area (Å²) in [6.07, 6.45) is 0. The number of carbonyl (C=O) groups is 2. The number of carbonyl (C=O) groups excluding carboxylic acids is 1. The number of amides is 1. The van der Waals surface area contributed by atoms with Gasteiger partial charge in [-0.05, 0) is 25.2 Å². The van der Waals surface area contributed by atoms with Crippen molar-refractivity contribution >= 4 is 11.9 Å². The van der Waals surface area contributed by atoms with Crippen LogP contribution in [0.15, 0.2) is 40.8 Å². The van der Waals surface area contributed by atoms with Gasteiger partial charge in [-0.25, -0.2) is 4.79 Å². The lowest BCUT2D eigenvalue weighted by Crippen LogP contribution is -2.56. The monoisotopic (exact) mass is 343 g/mol. The summed E-state index contributed by atoms with van der Waals surface area (Å²) in [7, 11) is 1.96. The zero-order valence-electron chi connectivity index (χ0n) is 14.0. The van der Waals surface area contributed by atoms with Gasteiger partial charge in [-0.15, -0.1) is 0 Å². The van der Waals surface area contributed by atoms with Crippen LogP contribution in [0.5, 0.6) is 0 Å². The normalized spacial score (nSPS) is 19.0. The second-order valence-corrected chi connectivity index (χ2v) is 6.27. The van der Waals surface area contributed by atoms with Gasteiger partial charge in [0.1, 0.15) is 17.6 Å². The summed E-state index contributed by atoms with van der Waals surface area (Å²) in [5.74, 6) is -0.181. The molecule has 0 spiro atoms. The summed E-state index contributed by atoms with van der Waals surface area (Å²) >= 11 is 0. The molecule has 1 aromatic carbocycles. The number of rotatable bonds is 5. The highest BCUT2D eigenvalue weighted by molar-refractivity contribution is 5.95. The molecule has 2 aromatic rings. The predicted octanol–water partition coefficient (Wildman–Crippen LogP) is 1.25. The number of hydrogen-bond donors (Lipinski definition) is 2. The van der Waals surface area contributed by atoms with Crippen LogP contribution < -0.4 is 5.73 Å². The Balaban J connectivity index is 1.80. The molecule has 0 aliphatic carbocycles. The topological polar surface area (TPSA) is 100 Å². The molecule has 2 heterocycles. The van der Waals surface area contributed by atoms with Crippen LogP contribution in [-0.2, 0) is 11.3 Å². The Hall–Kier alpha value is -2.64. The Bertz CT molecular complexity index is 786. The molecule has 0 bridgehead atoms. The van der Waals surface area contributed by atoms with Gasteiger partial charge >= 0.3 is 5.97 Å². The van der Waals surface area contributed by atoms with Crippen LogP contribution in [0.2, 0.25) is 0 Å². The number of nitrogens with zero attached hydrogens (tertiary/aromatic N) is 2. The minimum Gasteiger partial charge on any atom is -0.478 e. The Morgan fingerprint density at radius 2 is 2.00 bits per heavy atom. The van der Waals surface area contributed by atoms with Crippen molar-refractivity contribution in [3.8, 4) is 11.3 Å². The molecule has 1 amide bonds. The smallest absolute Gasteiger partial charge is 0.336 e. The molecule has 1 unspecified atom stereocenters. The molecule has 25 heavy (non-hydrogen) atoms. The predicted molar refractivity (Wildman–Crippen MR) is 92.0 cm³/mol. The lowest BCUT2D eigenvalue weighted by molar-refractivity contribution is -0.125. The molecule has 1 aliphatic rings. The van der Waals surface area contributed by atoms with E-state index in [9.17, 15) is 14.7 Å². The number of primary amides is 1. The van der Waals surface area contributed by atoms with E-state index in [-0.39, 0.29) is 17.5 Å². The van der Waals surface area contributed by atoms with Crippen LogP contribution in [-0.4, -0.2) is 59.5 Å². The maximum absolute atomic E-state index is 11.7.